The maximum Gasteiger partial charge on any atom is 0.335 e. The minimum absolute atomic E-state index is 0.0560. The summed E-state index contributed by atoms with van der Waals surface area (Å²) in [6.45, 7) is 6.82. The topological polar surface area (TPSA) is 119 Å². The average molecular weight is 393 g/mol. The molecule has 8 nitrogen and oxygen atoms in total. The third-order valence-corrected chi connectivity index (χ3v) is 3.68. The lowest BCUT2D eigenvalue weighted by Gasteiger charge is -2.24. The predicted molar refractivity (Wildman–Crippen MR) is 100 cm³/mol. The standard InChI is InChI=1S/C20H27NO7/c1-5-17(23)28-21-16(22)10-9-15(19(26)27-20(2,3)4)12-13-7-6-8-14(11-13)18(24)25/h6-8,11,15H,5,9-10,12H2,1-4H3,(H,21,22)(H,24,25). The molecule has 0 aliphatic carbocycles. The Kier molecular flexibility index (Phi) is 8.63. The molecule has 0 saturated heterocycles. The number of esters is 1. The summed E-state index contributed by atoms with van der Waals surface area (Å²) in [7, 11) is 0. The maximum atomic E-state index is 12.6. The van der Waals surface area contributed by atoms with E-state index in [1.165, 1.54) is 12.1 Å². The molecule has 0 spiro atoms. The van der Waals surface area contributed by atoms with Crippen molar-refractivity contribution >= 4 is 23.8 Å². The van der Waals surface area contributed by atoms with Crippen molar-refractivity contribution in [3.63, 3.8) is 0 Å². The van der Waals surface area contributed by atoms with E-state index in [2.05, 4.69) is 4.84 Å². The molecule has 2 N–H and O–H groups in total. The van der Waals surface area contributed by atoms with Crippen LogP contribution in [0.5, 0.6) is 0 Å². The van der Waals surface area contributed by atoms with E-state index in [-0.39, 0.29) is 31.2 Å². The number of carbonyl (C=O) groups is 4. The van der Waals surface area contributed by atoms with Crippen molar-refractivity contribution in [3.05, 3.63) is 35.4 Å². The lowest BCUT2D eigenvalue weighted by Crippen LogP contribution is -2.31. The Morgan fingerprint density at radius 3 is 2.43 bits per heavy atom. The Bertz CT molecular complexity index is 722. The van der Waals surface area contributed by atoms with Crippen LogP contribution in [0, 0.1) is 5.92 Å². The molecule has 1 aromatic carbocycles. The van der Waals surface area contributed by atoms with Crippen molar-refractivity contribution in [1.29, 1.82) is 0 Å². The highest BCUT2D eigenvalue weighted by atomic mass is 16.7. The Hall–Kier alpha value is -2.90. The summed E-state index contributed by atoms with van der Waals surface area (Å²) in [5.74, 6) is -3.30. The van der Waals surface area contributed by atoms with E-state index in [0.717, 1.165) is 0 Å². The Balaban J connectivity index is 2.83. The number of benzene rings is 1. The van der Waals surface area contributed by atoms with Gasteiger partial charge in [0.1, 0.15) is 5.60 Å². The van der Waals surface area contributed by atoms with Gasteiger partial charge in [0, 0.05) is 12.8 Å². The van der Waals surface area contributed by atoms with Gasteiger partial charge in [-0.15, -0.1) is 0 Å². The Morgan fingerprint density at radius 2 is 1.86 bits per heavy atom. The van der Waals surface area contributed by atoms with E-state index in [9.17, 15) is 19.2 Å². The predicted octanol–water partition coefficient (Wildman–Crippen LogP) is 2.65. The van der Waals surface area contributed by atoms with Crippen LogP contribution in [0.1, 0.15) is 62.9 Å². The van der Waals surface area contributed by atoms with Gasteiger partial charge >= 0.3 is 17.9 Å². The van der Waals surface area contributed by atoms with Crippen LogP contribution in [-0.2, 0) is 30.4 Å². The molecule has 1 unspecified atom stereocenters. The highest BCUT2D eigenvalue weighted by Gasteiger charge is 2.26. The molecule has 1 atom stereocenters. The molecule has 1 aromatic rings. The van der Waals surface area contributed by atoms with Crippen LogP contribution in [0.3, 0.4) is 0 Å². The second-order valence-electron chi connectivity index (χ2n) is 7.33. The zero-order valence-electron chi connectivity index (χ0n) is 16.6. The molecule has 0 aliphatic heterocycles. The van der Waals surface area contributed by atoms with E-state index in [0.29, 0.717) is 5.56 Å². The van der Waals surface area contributed by atoms with Crippen LogP contribution in [0.15, 0.2) is 24.3 Å². The van der Waals surface area contributed by atoms with Crippen molar-refractivity contribution in [1.82, 2.24) is 5.48 Å². The fourth-order valence-electron chi connectivity index (χ4n) is 2.35. The molecule has 0 aromatic heterocycles. The number of carboxylic acid groups (broad SMARTS) is 1. The fraction of sp³-hybridized carbons (Fsp3) is 0.500. The van der Waals surface area contributed by atoms with E-state index in [1.54, 1.807) is 39.8 Å². The summed E-state index contributed by atoms with van der Waals surface area (Å²) >= 11 is 0. The SMILES string of the molecule is CCC(=O)ONC(=O)CCC(Cc1cccc(C(=O)O)c1)C(=O)OC(C)(C)C. The number of amides is 1. The highest BCUT2D eigenvalue weighted by Crippen LogP contribution is 2.20. The van der Waals surface area contributed by atoms with Gasteiger partial charge in [-0.05, 0) is 51.3 Å². The summed E-state index contributed by atoms with van der Waals surface area (Å²) in [5, 5.41) is 9.12. The molecule has 0 fully saturated rings. The summed E-state index contributed by atoms with van der Waals surface area (Å²) in [6, 6.07) is 6.27. The summed E-state index contributed by atoms with van der Waals surface area (Å²) < 4.78 is 5.43. The van der Waals surface area contributed by atoms with Crippen molar-refractivity contribution in [2.45, 2.75) is 59.0 Å². The van der Waals surface area contributed by atoms with Gasteiger partial charge in [-0.1, -0.05) is 19.1 Å². The number of hydrogen-bond donors (Lipinski definition) is 2. The van der Waals surface area contributed by atoms with Gasteiger partial charge in [-0.2, -0.15) is 5.48 Å². The van der Waals surface area contributed by atoms with Gasteiger partial charge in [0.05, 0.1) is 11.5 Å². The van der Waals surface area contributed by atoms with Gasteiger partial charge in [-0.25, -0.2) is 9.59 Å². The number of carbonyl (C=O) groups excluding carboxylic acids is 3. The highest BCUT2D eigenvalue weighted by molar-refractivity contribution is 5.87. The van der Waals surface area contributed by atoms with Gasteiger partial charge < -0.3 is 14.7 Å². The van der Waals surface area contributed by atoms with Crippen LogP contribution in [0.25, 0.3) is 0 Å². The number of hydrogen-bond acceptors (Lipinski definition) is 6. The molecule has 8 heteroatoms. The largest absolute Gasteiger partial charge is 0.478 e. The average Bonchev–Trinajstić information content (AvgIpc) is 2.61. The molecule has 0 saturated carbocycles. The van der Waals surface area contributed by atoms with Crippen molar-refractivity contribution in [2.75, 3.05) is 0 Å². The molecule has 154 valence electrons. The van der Waals surface area contributed by atoms with E-state index in [4.69, 9.17) is 9.84 Å². The number of nitrogens with one attached hydrogen (secondary N) is 1. The molecule has 0 radical (unpaired) electrons. The first kappa shape index (κ1) is 23.1. The number of carboxylic acids is 1. The summed E-state index contributed by atoms with van der Waals surface area (Å²) in [4.78, 5) is 51.2. The smallest absolute Gasteiger partial charge is 0.335 e. The van der Waals surface area contributed by atoms with E-state index in [1.807, 2.05) is 5.48 Å². The molecule has 28 heavy (non-hydrogen) atoms. The van der Waals surface area contributed by atoms with Crippen LogP contribution >= 0.6 is 0 Å². The monoisotopic (exact) mass is 393 g/mol. The van der Waals surface area contributed by atoms with Gasteiger partial charge in [0.25, 0.3) is 5.91 Å². The fourth-order valence-corrected chi connectivity index (χ4v) is 2.35. The minimum Gasteiger partial charge on any atom is -0.478 e. The van der Waals surface area contributed by atoms with Crippen LogP contribution in [0.4, 0.5) is 0 Å². The molecular weight excluding hydrogens is 366 g/mol. The lowest BCUT2D eigenvalue weighted by atomic mass is 9.93. The van der Waals surface area contributed by atoms with Gasteiger partial charge in [0.2, 0.25) is 0 Å². The van der Waals surface area contributed by atoms with E-state index < -0.39 is 35.3 Å². The molecule has 0 heterocycles. The summed E-state index contributed by atoms with van der Waals surface area (Å²) in [6.07, 6.45) is 0.444. The van der Waals surface area contributed by atoms with E-state index >= 15 is 0 Å². The van der Waals surface area contributed by atoms with Crippen LogP contribution in [0.2, 0.25) is 0 Å². The third kappa shape index (κ3) is 8.66. The number of ether oxygens (including phenoxy) is 1. The minimum atomic E-state index is -1.06. The Labute approximate surface area is 164 Å². The second kappa shape index (κ2) is 10.4. The number of hydroxylamine groups is 1. The van der Waals surface area contributed by atoms with Gasteiger partial charge in [-0.3, -0.25) is 9.59 Å². The molecular formula is C20H27NO7. The second-order valence-corrected chi connectivity index (χ2v) is 7.33. The van der Waals surface area contributed by atoms with Crippen molar-refractivity contribution < 1.29 is 33.9 Å². The Morgan fingerprint density at radius 1 is 1.18 bits per heavy atom. The lowest BCUT2D eigenvalue weighted by molar-refractivity contribution is -0.161. The zero-order chi connectivity index (χ0) is 21.3. The molecule has 0 aliphatic rings. The summed E-state index contributed by atoms with van der Waals surface area (Å²) in [5.41, 5.74) is 2.11. The van der Waals surface area contributed by atoms with Crippen LogP contribution in [-0.4, -0.2) is 34.5 Å². The first-order chi connectivity index (χ1) is 13.0. The molecule has 1 rings (SSSR count). The maximum absolute atomic E-state index is 12.6. The number of aromatic carboxylic acids is 1. The first-order valence-electron chi connectivity index (χ1n) is 9.05. The molecule has 0 bridgehead atoms. The quantitative estimate of drug-likeness (QED) is 0.515. The van der Waals surface area contributed by atoms with Crippen molar-refractivity contribution in [3.8, 4) is 0 Å². The third-order valence-electron chi connectivity index (χ3n) is 3.68. The zero-order valence-corrected chi connectivity index (χ0v) is 16.6. The van der Waals surface area contributed by atoms with Gasteiger partial charge in [0.15, 0.2) is 0 Å². The van der Waals surface area contributed by atoms with Crippen molar-refractivity contribution in [2.24, 2.45) is 5.92 Å². The van der Waals surface area contributed by atoms with Crippen LogP contribution < -0.4 is 5.48 Å². The normalized spacial score (nSPS) is 12.0. The molecule has 1 amide bonds. The number of rotatable bonds is 8. The first-order valence-corrected chi connectivity index (χ1v) is 9.05.